The van der Waals surface area contributed by atoms with Gasteiger partial charge in [0.15, 0.2) is 5.83 Å². The first-order valence-electron chi connectivity index (χ1n) is 16.0. The summed E-state index contributed by atoms with van der Waals surface area (Å²) >= 11 is 0. The van der Waals surface area contributed by atoms with Gasteiger partial charge in [0.05, 0.1) is 36.1 Å². The molecule has 12 heteroatoms. The molecule has 8 rings (SSSR count). The normalized spacial score (nSPS) is 18.8. The Morgan fingerprint density at radius 1 is 1.09 bits per heavy atom. The van der Waals surface area contributed by atoms with Crippen LogP contribution >= 0.6 is 0 Å². The molecule has 0 spiro atoms. The standard InChI is InChI=1S/C35H36FN9O2/c1-20(36)34(46)40-27-12-28(32(47-3)13-31(27)44-17-21-10-11-37-29(21)19-44)41-35-38-15-25(22-14-39-43(2)16-22)33(42-35)26-18-45(23-8-9-23)30-7-5-4-6-24(26)30/h4-7,12-16,18,21,23,29,37H,1,8-11,17,19H2,2-3H3,(H,40,46)(H,38,41,42)/t21-,29+/m1/s1. The zero-order chi connectivity index (χ0) is 32.2. The average molecular weight is 634 g/mol. The van der Waals surface area contributed by atoms with Crippen LogP contribution in [-0.4, -0.2) is 63.0 Å². The lowest BCUT2D eigenvalue weighted by Gasteiger charge is -2.25. The van der Waals surface area contributed by atoms with Crippen LogP contribution in [0.25, 0.3) is 33.3 Å². The molecule has 0 radical (unpaired) electrons. The highest BCUT2D eigenvalue weighted by molar-refractivity contribution is 6.04. The van der Waals surface area contributed by atoms with Crippen molar-refractivity contribution in [3.63, 3.8) is 0 Å². The Hall–Kier alpha value is -5.23. The van der Waals surface area contributed by atoms with E-state index in [0.717, 1.165) is 72.4 Å². The maximum absolute atomic E-state index is 13.9. The number of hydrogen-bond acceptors (Lipinski definition) is 8. The Balaban J connectivity index is 1.22. The van der Waals surface area contributed by atoms with Gasteiger partial charge in [0.25, 0.3) is 5.91 Å². The fraction of sp³-hybridized carbons (Fsp3) is 0.314. The Morgan fingerprint density at radius 3 is 2.68 bits per heavy atom. The van der Waals surface area contributed by atoms with Crippen LogP contribution in [-0.2, 0) is 11.8 Å². The highest BCUT2D eigenvalue weighted by Crippen LogP contribution is 2.44. The molecule has 3 N–H and O–H groups in total. The van der Waals surface area contributed by atoms with Gasteiger partial charge in [0, 0.05) is 84.5 Å². The van der Waals surface area contributed by atoms with Crippen LogP contribution in [0.2, 0.25) is 0 Å². The van der Waals surface area contributed by atoms with Gasteiger partial charge in [-0.15, -0.1) is 0 Å². The number of halogens is 1. The largest absolute Gasteiger partial charge is 0.494 e. The smallest absolute Gasteiger partial charge is 0.283 e. The summed E-state index contributed by atoms with van der Waals surface area (Å²) < 4.78 is 23.9. The lowest BCUT2D eigenvalue weighted by atomic mass is 10.0. The Morgan fingerprint density at radius 2 is 1.94 bits per heavy atom. The van der Waals surface area contributed by atoms with E-state index in [1.165, 1.54) is 5.52 Å². The minimum Gasteiger partial charge on any atom is -0.494 e. The molecule has 3 aliphatic rings. The number of amides is 1. The number of hydrogen-bond donors (Lipinski definition) is 3. The molecule has 2 aliphatic heterocycles. The second-order valence-electron chi connectivity index (χ2n) is 12.6. The topological polar surface area (TPSA) is 114 Å². The van der Waals surface area contributed by atoms with Crippen LogP contribution in [0.5, 0.6) is 5.75 Å². The van der Waals surface area contributed by atoms with E-state index in [2.05, 4.69) is 61.5 Å². The molecule has 3 aromatic heterocycles. The van der Waals surface area contributed by atoms with Crippen LogP contribution in [0.3, 0.4) is 0 Å². The summed E-state index contributed by atoms with van der Waals surface area (Å²) in [5.74, 6) is -0.575. The van der Waals surface area contributed by atoms with E-state index < -0.39 is 11.7 Å². The number of carbonyl (C=O) groups excluding carboxylic acids is 1. The van der Waals surface area contributed by atoms with Crippen LogP contribution in [0.1, 0.15) is 25.3 Å². The minimum absolute atomic E-state index is 0.342. The number of fused-ring (bicyclic) bond motifs is 2. The van der Waals surface area contributed by atoms with Crippen molar-refractivity contribution in [1.82, 2.24) is 29.6 Å². The van der Waals surface area contributed by atoms with Crippen LogP contribution in [0.15, 0.2) is 73.6 Å². The third-order valence-corrected chi connectivity index (χ3v) is 9.50. The summed E-state index contributed by atoms with van der Waals surface area (Å²) in [7, 11) is 3.48. The van der Waals surface area contributed by atoms with Crippen molar-refractivity contribution in [2.45, 2.75) is 31.3 Å². The van der Waals surface area contributed by atoms with Gasteiger partial charge in [0.1, 0.15) is 5.75 Å². The number of aryl methyl sites for hydroxylation is 1. The molecule has 2 saturated heterocycles. The van der Waals surface area contributed by atoms with Gasteiger partial charge in [-0.3, -0.25) is 9.48 Å². The maximum atomic E-state index is 13.9. The summed E-state index contributed by atoms with van der Waals surface area (Å²) in [5, 5.41) is 15.1. The fourth-order valence-electron chi connectivity index (χ4n) is 7.02. The molecule has 1 amide bonds. The highest BCUT2D eigenvalue weighted by atomic mass is 19.1. The third-order valence-electron chi connectivity index (χ3n) is 9.50. The van der Waals surface area contributed by atoms with Crippen LogP contribution < -0.4 is 25.6 Å². The first-order chi connectivity index (χ1) is 22.9. The van der Waals surface area contributed by atoms with Crippen molar-refractivity contribution in [2.24, 2.45) is 13.0 Å². The van der Waals surface area contributed by atoms with Crippen molar-refractivity contribution in [3.05, 3.63) is 73.6 Å². The molecular weight excluding hydrogens is 597 g/mol. The van der Waals surface area contributed by atoms with Gasteiger partial charge >= 0.3 is 0 Å². The number of rotatable bonds is 9. The van der Waals surface area contributed by atoms with Crippen molar-refractivity contribution in [2.75, 3.05) is 42.3 Å². The summed E-state index contributed by atoms with van der Waals surface area (Å²) in [5.41, 5.74) is 6.41. The summed E-state index contributed by atoms with van der Waals surface area (Å²) in [4.78, 5) is 24.5. The van der Waals surface area contributed by atoms with E-state index in [-0.39, 0.29) is 0 Å². The summed E-state index contributed by atoms with van der Waals surface area (Å²) in [6.45, 7) is 5.79. The molecule has 240 valence electrons. The molecular formula is C35H36FN9O2. The fourth-order valence-corrected chi connectivity index (χ4v) is 7.02. The maximum Gasteiger partial charge on any atom is 0.283 e. The average Bonchev–Trinajstić information content (AvgIpc) is 3.35. The first-order valence-corrected chi connectivity index (χ1v) is 16.0. The van der Waals surface area contributed by atoms with Gasteiger partial charge in [-0.1, -0.05) is 24.8 Å². The van der Waals surface area contributed by atoms with Gasteiger partial charge < -0.3 is 30.2 Å². The first kappa shape index (κ1) is 29.2. The molecule has 0 bridgehead atoms. The monoisotopic (exact) mass is 633 g/mol. The predicted molar refractivity (Wildman–Crippen MR) is 181 cm³/mol. The second kappa shape index (κ2) is 11.5. The number of aromatic nitrogens is 5. The molecule has 5 aromatic rings. The zero-order valence-corrected chi connectivity index (χ0v) is 26.3. The van der Waals surface area contributed by atoms with Crippen molar-refractivity contribution in [3.8, 4) is 28.1 Å². The van der Waals surface area contributed by atoms with Crippen molar-refractivity contribution in [1.29, 1.82) is 0 Å². The number of ether oxygens (including phenoxy) is 1. The summed E-state index contributed by atoms with van der Waals surface area (Å²) in [6, 6.07) is 12.9. The lowest BCUT2D eigenvalue weighted by molar-refractivity contribution is -0.114. The number of nitrogens with zero attached hydrogens (tertiary/aromatic N) is 6. The number of para-hydroxylation sites is 1. The Labute approximate surface area is 271 Å². The number of anilines is 4. The molecule has 0 unspecified atom stereocenters. The molecule has 5 heterocycles. The zero-order valence-electron chi connectivity index (χ0n) is 26.3. The minimum atomic E-state index is -1.06. The number of carbonyl (C=O) groups is 1. The second-order valence-corrected chi connectivity index (χ2v) is 12.6. The van der Waals surface area contributed by atoms with E-state index in [1.807, 2.05) is 31.6 Å². The molecule has 11 nitrogen and oxygen atoms in total. The van der Waals surface area contributed by atoms with Crippen molar-refractivity contribution < 1.29 is 13.9 Å². The molecule has 2 aromatic carbocycles. The molecule has 3 fully saturated rings. The number of benzene rings is 2. The third kappa shape index (κ3) is 5.38. The van der Waals surface area contributed by atoms with E-state index in [1.54, 1.807) is 24.1 Å². The Bertz CT molecular complexity index is 2020. The van der Waals surface area contributed by atoms with Crippen LogP contribution in [0, 0.1) is 5.92 Å². The van der Waals surface area contributed by atoms with Gasteiger partial charge in [0.2, 0.25) is 5.95 Å². The van der Waals surface area contributed by atoms with Gasteiger partial charge in [-0.05, 0) is 43.9 Å². The van der Waals surface area contributed by atoms with E-state index in [0.29, 0.717) is 41.1 Å². The Kier molecular flexibility index (Phi) is 7.16. The van der Waals surface area contributed by atoms with Crippen LogP contribution in [0.4, 0.5) is 27.4 Å². The number of methoxy groups -OCH3 is 1. The predicted octanol–water partition coefficient (Wildman–Crippen LogP) is 5.81. The van der Waals surface area contributed by atoms with E-state index >= 15 is 0 Å². The van der Waals surface area contributed by atoms with Gasteiger partial charge in [-0.2, -0.15) is 5.10 Å². The summed E-state index contributed by atoms with van der Waals surface area (Å²) in [6.07, 6.45) is 11.2. The number of nitrogens with one attached hydrogen (secondary N) is 3. The van der Waals surface area contributed by atoms with Gasteiger partial charge in [-0.25, -0.2) is 14.4 Å². The van der Waals surface area contributed by atoms with Crippen molar-refractivity contribution >= 4 is 39.8 Å². The molecule has 2 atom stereocenters. The SMILES string of the molecule is C=C(F)C(=O)Nc1cc(Nc2ncc(-c3cnn(C)c3)c(-c3cn(C4CC4)c4ccccc34)n2)c(OC)cc1N1C[C@H]2CCN[C@H]2C1. The highest BCUT2D eigenvalue weighted by Gasteiger charge is 2.37. The quantitative estimate of drug-likeness (QED) is 0.175. The lowest BCUT2D eigenvalue weighted by Crippen LogP contribution is -2.30. The molecule has 1 saturated carbocycles. The van der Waals surface area contributed by atoms with E-state index in [9.17, 15) is 9.18 Å². The molecule has 47 heavy (non-hydrogen) atoms. The molecule has 1 aliphatic carbocycles. The van der Waals surface area contributed by atoms with E-state index in [4.69, 9.17) is 14.7 Å².